The summed E-state index contributed by atoms with van der Waals surface area (Å²) >= 11 is 0. The maximum absolute atomic E-state index is 12.8. The van der Waals surface area contributed by atoms with Gasteiger partial charge in [0, 0.05) is 31.7 Å². The number of carbonyl (C=O) groups excluding carboxylic acids is 1. The van der Waals surface area contributed by atoms with E-state index in [1.807, 2.05) is 27.8 Å². The fourth-order valence-corrected chi connectivity index (χ4v) is 3.79. The van der Waals surface area contributed by atoms with E-state index >= 15 is 0 Å². The van der Waals surface area contributed by atoms with Crippen molar-refractivity contribution in [1.29, 1.82) is 0 Å². The van der Waals surface area contributed by atoms with Crippen LogP contribution in [0.25, 0.3) is 5.82 Å². The number of rotatable bonds is 5. The van der Waals surface area contributed by atoms with E-state index in [4.69, 9.17) is 0 Å². The molecule has 1 aliphatic heterocycles. The third-order valence-corrected chi connectivity index (χ3v) is 5.63. The Hall–Kier alpha value is -2.95. The molecule has 0 saturated carbocycles. The lowest BCUT2D eigenvalue weighted by molar-refractivity contribution is 0.0686. The summed E-state index contributed by atoms with van der Waals surface area (Å²) in [5.74, 6) is 1.55. The minimum absolute atomic E-state index is 0.0849. The minimum atomic E-state index is 0.0849. The van der Waals surface area contributed by atoms with E-state index in [2.05, 4.69) is 41.2 Å². The minimum Gasteiger partial charge on any atom is -0.339 e. The van der Waals surface area contributed by atoms with Gasteiger partial charge in [-0.25, -0.2) is 9.97 Å². The van der Waals surface area contributed by atoms with Crippen molar-refractivity contribution in [2.75, 3.05) is 13.1 Å². The van der Waals surface area contributed by atoms with E-state index < -0.39 is 0 Å². The van der Waals surface area contributed by atoms with Crippen molar-refractivity contribution in [3.05, 3.63) is 78.0 Å². The lowest BCUT2D eigenvalue weighted by Gasteiger charge is -2.32. The highest BCUT2D eigenvalue weighted by Gasteiger charge is 2.23. The third kappa shape index (κ3) is 4.30. The first-order valence-electron chi connectivity index (χ1n) is 9.98. The molecule has 0 spiro atoms. The summed E-state index contributed by atoms with van der Waals surface area (Å²) in [6.45, 7) is 3.79. The maximum atomic E-state index is 12.8. The molecule has 144 valence electrons. The van der Waals surface area contributed by atoms with E-state index in [-0.39, 0.29) is 5.91 Å². The SMILES string of the molecule is Cc1ccc(CCC2CCN(C(=O)c3ccc(-n4ccnc4)nc3)CC2)cc1. The van der Waals surface area contributed by atoms with Gasteiger partial charge in [-0.1, -0.05) is 29.8 Å². The number of carbonyl (C=O) groups is 1. The molecule has 0 radical (unpaired) electrons. The van der Waals surface area contributed by atoms with Crippen molar-refractivity contribution in [1.82, 2.24) is 19.4 Å². The second-order valence-electron chi connectivity index (χ2n) is 7.63. The summed E-state index contributed by atoms with van der Waals surface area (Å²) < 4.78 is 1.83. The van der Waals surface area contributed by atoms with Crippen LogP contribution in [-0.4, -0.2) is 38.4 Å². The van der Waals surface area contributed by atoms with Crippen LogP contribution in [-0.2, 0) is 6.42 Å². The van der Waals surface area contributed by atoms with Crippen LogP contribution in [0.3, 0.4) is 0 Å². The van der Waals surface area contributed by atoms with Gasteiger partial charge in [0.2, 0.25) is 0 Å². The van der Waals surface area contributed by atoms with Crippen LogP contribution in [0.5, 0.6) is 0 Å². The highest BCUT2D eigenvalue weighted by atomic mass is 16.2. The number of aromatic nitrogens is 3. The zero-order valence-electron chi connectivity index (χ0n) is 16.3. The van der Waals surface area contributed by atoms with E-state index in [0.717, 1.165) is 38.2 Å². The van der Waals surface area contributed by atoms with Gasteiger partial charge < -0.3 is 4.90 Å². The summed E-state index contributed by atoms with van der Waals surface area (Å²) in [6.07, 6.45) is 11.4. The van der Waals surface area contributed by atoms with Crippen molar-refractivity contribution in [3.8, 4) is 5.82 Å². The number of aryl methyl sites for hydroxylation is 2. The van der Waals surface area contributed by atoms with Crippen LogP contribution in [0.2, 0.25) is 0 Å². The quantitative estimate of drug-likeness (QED) is 0.677. The summed E-state index contributed by atoms with van der Waals surface area (Å²) in [4.78, 5) is 23.2. The summed E-state index contributed by atoms with van der Waals surface area (Å²) in [5, 5.41) is 0. The Kier molecular flexibility index (Phi) is 5.51. The molecular weight excluding hydrogens is 348 g/mol. The van der Waals surface area contributed by atoms with Crippen LogP contribution >= 0.6 is 0 Å². The van der Waals surface area contributed by atoms with Crippen LogP contribution in [0.1, 0.15) is 40.7 Å². The molecule has 0 N–H and O–H groups in total. The first kappa shape index (κ1) is 18.4. The smallest absolute Gasteiger partial charge is 0.255 e. The Bertz CT molecular complexity index is 893. The monoisotopic (exact) mass is 374 g/mol. The van der Waals surface area contributed by atoms with Gasteiger partial charge in [-0.2, -0.15) is 0 Å². The van der Waals surface area contributed by atoms with Gasteiger partial charge in [-0.05, 0) is 56.2 Å². The largest absolute Gasteiger partial charge is 0.339 e. The number of benzene rings is 1. The van der Waals surface area contributed by atoms with Crippen LogP contribution in [0, 0.1) is 12.8 Å². The highest BCUT2D eigenvalue weighted by molar-refractivity contribution is 5.94. The number of amides is 1. The Labute approximate surface area is 166 Å². The number of likely N-dealkylation sites (tertiary alicyclic amines) is 1. The molecule has 3 aromatic rings. The molecule has 5 nitrogen and oxygen atoms in total. The second-order valence-corrected chi connectivity index (χ2v) is 7.63. The molecule has 4 rings (SSSR count). The van der Waals surface area contributed by atoms with Gasteiger partial charge >= 0.3 is 0 Å². The van der Waals surface area contributed by atoms with Crippen molar-refractivity contribution in [3.63, 3.8) is 0 Å². The first-order valence-corrected chi connectivity index (χ1v) is 9.98. The van der Waals surface area contributed by atoms with Crippen LogP contribution in [0.15, 0.2) is 61.3 Å². The fourth-order valence-electron chi connectivity index (χ4n) is 3.79. The number of imidazole rings is 1. The topological polar surface area (TPSA) is 51.0 Å². The number of pyridine rings is 1. The number of piperidine rings is 1. The summed E-state index contributed by atoms with van der Waals surface area (Å²) in [5.41, 5.74) is 3.37. The lowest BCUT2D eigenvalue weighted by atomic mass is 9.90. The van der Waals surface area contributed by atoms with Crippen LogP contribution in [0.4, 0.5) is 0 Å². The Morgan fingerprint density at radius 1 is 1.11 bits per heavy atom. The Balaban J connectivity index is 1.28. The molecule has 3 heterocycles. The molecule has 1 fully saturated rings. The molecular formula is C23H26N4O. The highest BCUT2D eigenvalue weighted by Crippen LogP contribution is 2.23. The molecule has 0 atom stereocenters. The third-order valence-electron chi connectivity index (χ3n) is 5.63. The second kappa shape index (κ2) is 8.38. The molecule has 1 aliphatic rings. The van der Waals surface area contributed by atoms with E-state index in [1.54, 1.807) is 18.7 Å². The van der Waals surface area contributed by atoms with Gasteiger partial charge in [-0.3, -0.25) is 9.36 Å². The molecule has 0 bridgehead atoms. The number of hydrogen-bond donors (Lipinski definition) is 0. The molecule has 1 amide bonds. The fraction of sp³-hybridized carbons (Fsp3) is 0.348. The summed E-state index contributed by atoms with van der Waals surface area (Å²) in [6, 6.07) is 12.5. The van der Waals surface area contributed by atoms with Crippen LogP contribution < -0.4 is 0 Å². The van der Waals surface area contributed by atoms with E-state index in [0.29, 0.717) is 11.5 Å². The summed E-state index contributed by atoms with van der Waals surface area (Å²) in [7, 11) is 0. The Morgan fingerprint density at radius 3 is 2.54 bits per heavy atom. The molecule has 5 heteroatoms. The average molecular weight is 374 g/mol. The van der Waals surface area contributed by atoms with Crippen molar-refractivity contribution in [2.45, 2.75) is 32.6 Å². The lowest BCUT2D eigenvalue weighted by Crippen LogP contribution is -2.38. The normalized spacial score (nSPS) is 15.0. The predicted molar refractivity (Wildman–Crippen MR) is 109 cm³/mol. The first-order chi connectivity index (χ1) is 13.7. The molecule has 1 aromatic carbocycles. The molecule has 28 heavy (non-hydrogen) atoms. The van der Waals surface area contributed by atoms with Crippen molar-refractivity contribution >= 4 is 5.91 Å². The average Bonchev–Trinajstić information content (AvgIpc) is 3.28. The molecule has 1 saturated heterocycles. The van der Waals surface area contributed by atoms with Crippen molar-refractivity contribution in [2.24, 2.45) is 5.92 Å². The van der Waals surface area contributed by atoms with Gasteiger partial charge in [0.1, 0.15) is 12.1 Å². The predicted octanol–water partition coefficient (Wildman–Crippen LogP) is 4.06. The molecule has 2 aromatic heterocycles. The zero-order chi connectivity index (χ0) is 19.3. The van der Waals surface area contributed by atoms with Gasteiger partial charge in [0.05, 0.1) is 5.56 Å². The zero-order valence-corrected chi connectivity index (χ0v) is 16.3. The number of hydrogen-bond acceptors (Lipinski definition) is 3. The maximum Gasteiger partial charge on any atom is 0.255 e. The van der Waals surface area contributed by atoms with Crippen molar-refractivity contribution < 1.29 is 4.79 Å². The molecule has 0 aliphatic carbocycles. The van der Waals surface area contributed by atoms with Gasteiger partial charge in [-0.15, -0.1) is 0 Å². The standard InChI is InChI=1S/C23H26N4O/c1-18-2-4-19(5-3-18)6-7-20-10-13-26(14-11-20)23(28)21-8-9-22(25-16-21)27-15-12-24-17-27/h2-5,8-9,12,15-17,20H,6-7,10-11,13-14H2,1H3. The van der Waals surface area contributed by atoms with E-state index in [1.165, 1.54) is 17.5 Å². The molecule has 0 unspecified atom stereocenters. The van der Waals surface area contributed by atoms with Gasteiger partial charge in [0.15, 0.2) is 0 Å². The van der Waals surface area contributed by atoms with E-state index in [9.17, 15) is 4.79 Å². The van der Waals surface area contributed by atoms with Gasteiger partial charge in [0.25, 0.3) is 5.91 Å². The Morgan fingerprint density at radius 2 is 1.89 bits per heavy atom. The number of nitrogens with zero attached hydrogens (tertiary/aromatic N) is 4.